The lowest BCUT2D eigenvalue weighted by Crippen LogP contribution is -2.13. The molecule has 4 rings (SSSR count). The number of para-hydroxylation sites is 1. The molecular formula is C23H20N2O3. The quantitative estimate of drug-likeness (QED) is 0.694. The van der Waals surface area contributed by atoms with Crippen molar-refractivity contribution < 1.29 is 14.7 Å². The average molecular weight is 372 g/mol. The number of aromatic nitrogens is 1. The third-order valence-corrected chi connectivity index (χ3v) is 4.96. The number of amides is 1. The molecule has 2 N–H and O–H groups in total. The first kappa shape index (κ1) is 17.9. The van der Waals surface area contributed by atoms with Crippen molar-refractivity contribution >= 4 is 40.1 Å². The molecule has 1 amide bonds. The number of carbonyl (C=O) groups excluding carboxylic acids is 1. The topological polar surface area (TPSA) is 79.3 Å². The molecule has 140 valence electrons. The summed E-state index contributed by atoms with van der Waals surface area (Å²) in [6, 6.07) is 15.0. The zero-order valence-electron chi connectivity index (χ0n) is 15.5. The highest BCUT2D eigenvalue weighted by Gasteiger charge is 2.24. The molecule has 0 radical (unpaired) electrons. The summed E-state index contributed by atoms with van der Waals surface area (Å²) in [5.74, 6) is -1.01. The van der Waals surface area contributed by atoms with Crippen LogP contribution >= 0.6 is 0 Å². The Morgan fingerprint density at radius 3 is 2.54 bits per heavy atom. The molecule has 28 heavy (non-hydrogen) atoms. The molecule has 3 aromatic rings. The van der Waals surface area contributed by atoms with E-state index in [-0.39, 0.29) is 5.91 Å². The monoisotopic (exact) mass is 372 g/mol. The molecule has 1 aliphatic carbocycles. The van der Waals surface area contributed by atoms with E-state index in [1.807, 2.05) is 48.5 Å². The molecule has 1 aromatic heterocycles. The first-order valence-electron chi connectivity index (χ1n) is 9.26. The first-order chi connectivity index (χ1) is 13.5. The minimum atomic E-state index is -0.907. The predicted molar refractivity (Wildman–Crippen MR) is 110 cm³/mol. The fourth-order valence-corrected chi connectivity index (χ4v) is 3.79. The summed E-state index contributed by atoms with van der Waals surface area (Å²) in [6.45, 7) is 1.48. The van der Waals surface area contributed by atoms with Crippen LogP contribution in [0.1, 0.15) is 46.9 Å². The summed E-state index contributed by atoms with van der Waals surface area (Å²) in [4.78, 5) is 28.0. The SMILES string of the molecule is CC(=O)Nc1ccc(/C=C2/CCCc3c2nc2ccccc2c3C(=O)O)cc1. The van der Waals surface area contributed by atoms with E-state index < -0.39 is 5.97 Å². The average Bonchev–Trinajstić information content (AvgIpc) is 2.67. The van der Waals surface area contributed by atoms with Crippen LogP contribution < -0.4 is 5.32 Å². The number of anilines is 1. The Hall–Kier alpha value is -3.47. The van der Waals surface area contributed by atoms with Gasteiger partial charge in [-0.25, -0.2) is 9.78 Å². The van der Waals surface area contributed by atoms with Crippen molar-refractivity contribution in [2.75, 3.05) is 5.32 Å². The lowest BCUT2D eigenvalue weighted by Gasteiger charge is -2.21. The van der Waals surface area contributed by atoms with Crippen molar-refractivity contribution in [1.82, 2.24) is 4.98 Å². The Morgan fingerprint density at radius 2 is 1.82 bits per heavy atom. The van der Waals surface area contributed by atoms with E-state index >= 15 is 0 Å². The zero-order chi connectivity index (χ0) is 19.7. The lowest BCUT2D eigenvalue weighted by atomic mass is 9.86. The van der Waals surface area contributed by atoms with Crippen LogP contribution in [0.3, 0.4) is 0 Å². The Bertz CT molecular complexity index is 1110. The Labute approximate surface area is 162 Å². The lowest BCUT2D eigenvalue weighted by molar-refractivity contribution is -0.114. The number of hydrogen-bond donors (Lipinski definition) is 2. The van der Waals surface area contributed by atoms with E-state index in [1.54, 1.807) is 0 Å². The summed E-state index contributed by atoms with van der Waals surface area (Å²) in [7, 11) is 0. The van der Waals surface area contributed by atoms with Crippen LogP contribution in [-0.2, 0) is 11.2 Å². The van der Waals surface area contributed by atoms with Crippen molar-refractivity contribution in [3.8, 4) is 0 Å². The number of carboxylic acid groups (broad SMARTS) is 1. The number of rotatable bonds is 3. The maximum absolute atomic E-state index is 12.0. The molecule has 2 aromatic carbocycles. The molecule has 1 aliphatic rings. The maximum Gasteiger partial charge on any atom is 0.336 e. The molecule has 0 saturated carbocycles. The van der Waals surface area contributed by atoms with Crippen molar-refractivity contribution in [2.24, 2.45) is 0 Å². The van der Waals surface area contributed by atoms with E-state index in [1.165, 1.54) is 6.92 Å². The molecule has 0 spiro atoms. The second-order valence-electron chi connectivity index (χ2n) is 6.96. The van der Waals surface area contributed by atoms with Crippen LogP contribution in [0.15, 0.2) is 48.5 Å². The summed E-state index contributed by atoms with van der Waals surface area (Å²) in [5.41, 5.74) is 5.45. The molecular weight excluding hydrogens is 352 g/mol. The number of nitrogens with one attached hydrogen (secondary N) is 1. The van der Waals surface area contributed by atoms with E-state index in [2.05, 4.69) is 11.4 Å². The zero-order valence-corrected chi connectivity index (χ0v) is 15.5. The van der Waals surface area contributed by atoms with Crippen LogP contribution in [-0.4, -0.2) is 22.0 Å². The Balaban J connectivity index is 1.81. The van der Waals surface area contributed by atoms with Gasteiger partial charge in [-0.3, -0.25) is 4.79 Å². The van der Waals surface area contributed by atoms with Gasteiger partial charge in [0.05, 0.1) is 16.8 Å². The van der Waals surface area contributed by atoms with Gasteiger partial charge in [0.1, 0.15) is 0 Å². The molecule has 0 saturated heterocycles. The summed E-state index contributed by atoms with van der Waals surface area (Å²) >= 11 is 0. The van der Waals surface area contributed by atoms with Gasteiger partial charge in [-0.15, -0.1) is 0 Å². The van der Waals surface area contributed by atoms with Gasteiger partial charge in [0, 0.05) is 18.0 Å². The van der Waals surface area contributed by atoms with Crippen LogP contribution in [0, 0.1) is 0 Å². The third-order valence-electron chi connectivity index (χ3n) is 4.96. The number of nitrogens with zero attached hydrogens (tertiary/aromatic N) is 1. The standard InChI is InChI=1S/C23H20N2O3/c1-14(26)24-17-11-9-15(10-12-17)13-16-5-4-7-19-21(23(27)28)18-6-2-3-8-20(18)25-22(16)19/h2-3,6,8-13H,4-5,7H2,1H3,(H,24,26)(H,27,28)/b16-13-. The third kappa shape index (κ3) is 3.39. The van der Waals surface area contributed by atoms with Gasteiger partial charge in [0.15, 0.2) is 0 Å². The number of fused-ring (bicyclic) bond motifs is 2. The van der Waals surface area contributed by atoms with E-state index in [0.29, 0.717) is 22.9 Å². The van der Waals surface area contributed by atoms with Crippen LogP contribution in [0.25, 0.3) is 22.6 Å². The second-order valence-corrected chi connectivity index (χ2v) is 6.96. The number of carbonyl (C=O) groups is 2. The van der Waals surface area contributed by atoms with Crippen molar-refractivity contribution in [1.29, 1.82) is 0 Å². The Kier molecular flexibility index (Phi) is 4.65. The highest BCUT2D eigenvalue weighted by atomic mass is 16.4. The smallest absolute Gasteiger partial charge is 0.336 e. The molecule has 0 aliphatic heterocycles. The number of carboxylic acids is 1. The van der Waals surface area contributed by atoms with Gasteiger partial charge in [-0.05, 0) is 60.2 Å². The van der Waals surface area contributed by atoms with E-state index in [9.17, 15) is 14.7 Å². The van der Waals surface area contributed by atoms with Gasteiger partial charge in [0.2, 0.25) is 5.91 Å². The molecule has 0 bridgehead atoms. The largest absolute Gasteiger partial charge is 0.478 e. The van der Waals surface area contributed by atoms with Gasteiger partial charge < -0.3 is 10.4 Å². The van der Waals surface area contributed by atoms with Crippen molar-refractivity contribution in [2.45, 2.75) is 26.2 Å². The predicted octanol–water partition coefficient (Wildman–Crippen LogP) is 4.77. The van der Waals surface area contributed by atoms with Crippen molar-refractivity contribution in [3.63, 3.8) is 0 Å². The maximum atomic E-state index is 12.0. The van der Waals surface area contributed by atoms with Crippen LogP contribution in [0.4, 0.5) is 5.69 Å². The van der Waals surface area contributed by atoms with Crippen LogP contribution in [0.5, 0.6) is 0 Å². The minimum Gasteiger partial charge on any atom is -0.478 e. The highest BCUT2D eigenvalue weighted by Crippen LogP contribution is 2.36. The fraction of sp³-hybridized carbons (Fsp3) is 0.174. The number of allylic oxidation sites excluding steroid dienone is 1. The molecule has 0 unspecified atom stereocenters. The molecule has 1 heterocycles. The van der Waals surface area contributed by atoms with Gasteiger partial charge in [0.25, 0.3) is 0 Å². The highest BCUT2D eigenvalue weighted by molar-refractivity contribution is 6.05. The van der Waals surface area contributed by atoms with Crippen LogP contribution in [0.2, 0.25) is 0 Å². The van der Waals surface area contributed by atoms with Crippen molar-refractivity contribution in [3.05, 3.63) is 70.9 Å². The first-order valence-corrected chi connectivity index (χ1v) is 9.26. The number of pyridine rings is 1. The van der Waals surface area contributed by atoms with E-state index in [4.69, 9.17) is 4.98 Å². The summed E-state index contributed by atoms with van der Waals surface area (Å²) in [5, 5.41) is 13.3. The molecule has 0 fully saturated rings. The number of benzene rings is 2. The minimum absolute atomic E-state index is 0.107. The van der Waals surface area contributed by atoms with Gasteiger partial charge >= 0.3 is 5.97 Å². The fourth-order valence-electron chi connectivity index (χ4n) is 3.79. The summed E-state index contributed by atoms with van der Waals surface area (Å²) in [6.07, 6.45) is 4.52. The van der Waals surface area contributed by atoms with E-state index in [0.717, 1.165) is 40.9 Å². The molecule has 5 heteroatoms. The molecule has 0 atom stereocenters. The van der Waals surface area contributed by atoms with Gasteiger partial charge in [-0.1, -0.05) is 30.3 Å². The number of hydrogen-bond acceptors (Lipinski definition) is 3. The van der Waals surface area contributed by atoms with Gasteiger partial charge in [-0.2, -0.15) is 0 Å². The number of aromatic carboxylic acids is 1. The normalized spacial score (nSPS) is 14.7. The Morgan fingerprint density at radius 1 is 1.07 bits per heavy atom. The molecule has 5 nitrogen and oxygen atoms in total. The summed E-state index contributed by atoms with van der Waals surface area (Å²) < 4.78 is 0. The second kappa shape index (κ2) is 7.27.